The molecule has 0 spiro atoms. The van der Waals surface area contributed by atoms with Gasteiger partial charge in [-0.1, -0.05) is 61.0 Å². The lowest BCUT2D eigenvalue weighted by atomic mass is 10.1. The number of carbonyl (C=O) groups is 1. The summed E-state index contributed by atoms with van der Waals surface area (Å²) in [7, 11) is -3.87. The number of amides is 1. The second-order valence-corrected chi connectivity index (χ2v) is 12.4. The zero-order valence-corrected chi connectivity index (χ0v) is 24.5. The van der Waals surface area contributed by atoms with Gasteiger partial charge < -0.3 is 10.2 Å². The number of aromatic nitrogens is 4. The maximum atomic E-state index is 13.6. The molecule has 6 rings (SSSR count). The van der Waals surface area contributed by atoms with E-state index in [2.05, 4.69) is 15.3 Å². The Morgan fingerprint density at radius 2 is 1.81 bits per heavy atom. The third-order valence-corrected chi connectivity index (χ3v) is 9.44. The van der Waals surface area contributed by atoms with Gasteiger partial charge in [-0.2, -0.15) is 0 Å². The third kappa shape index (κ3) is 5.35. The van der Waals surface area contributed by atoms with Crippen molar-refractivity contribution in [2.24, 2.45) is 0 Å². The molecule has 3 aromatic heterocycles. The molecule has 1 atom stereocenters. The van der Waals surface area contributed by atoms with Crippen LogP contribution in [-0.2, 0) is 16.4 Å². The van der Waals surface area contributed by atoms with Crippen molar-refractivity contribution in [1.82, 2.24) is 23.8 Å². The van der Waals surface area contributed by atoms with E-state index in [1.54, 1.807) is 65.8 Å². The Balaban J connectivity index is 1.28. The fourth-order valence-electron chi connectivity index (χ4n) is 5.25. The molecule has 1 amide bonds. The Kier molecular flexibility index (Phi) is 7.66. The molecule has 0 bridgehead atoms. The van der Waals surface area contributed by atoms with Crippen LogP contribution < -0.4 is 5.32 Å². The molecule has 1 aliphatic heterocycles. The van der Waals surface area contributed by atoms with Crippen LogP contribution in [0.4, 0.5) is 5.95 Å². The zero-order chi connectivity index (χ0) is 29.3. The summed E-state index contributed by atoms with van der Waals surface area (Å²) < 4.78 is 28.4. The monoisotopic (exact) mass is 600 g/mol. The first-order chi connectivity index (χ1) is 20.3. The fraction of sp³-hybridized carbons (Fsp3) is 0.226. The highest BCUT2D eigenvalue weighted by atomic mass is 35.5. The number of nitrogens with zero attached hydrogens (tertiary/aromatic N) is 5. The number of likely N-dealkylation sites (tertiary alicyclic amines) is 1. The van der Waals surface area contributed by atoms with Crippen LogP contribution in [0, 0.1) is 0 Å². The van der Waals surface area contributed by atoms with Gasteiger partial charge in [-0.15, -0.1) is 0 Å². The van der Waals surface area contributed by atoms with E-state index in [4.69, 9.17) is 16.6 Å². The first kappa shape index (κ1) is 27.9. The van der Waals surface area contributed by atoms with Gasteiger partial charge in [0.1, 0.15) is 5.69 Å². The molecule has 1 N–H and O–H groups in total. The summed E-state index contributed by atoms with van der Waals surface area (Å²) in [5.41, 5.74) is 3.02. The van der Waals surface area contributed by atoms with Crippen LogP contribution in [0.1, 0.15) is 35.8 Å². The molecule has 9 nitrogen and oxygen atoms in total. The van der Waals surface area contributed by atoms with Crippen molar-refractivity contribution in [2.75, 3.05) is 18.4 Å². The van der Waals surface area contributed by atoms with Gasteiger partial charge in [-0.3, -0.25) is 9.78 Å². The van der Waals surface area contributed by atoms with E-state index in [-0.39, 0.29) is 16.8 Å². The van der Waals surface area contributed by atoms with Gasteiger partial charge in [0.15, 0.2) is 0 Å². The summed E-state index contributed by atoms with van der Waals surface area (Å²) in [5.74, 6) is 0.246. The molecule has 0 radical (unpaired) electrons. The Bertz CT molecular complexity index is 1860. The number of piperidine rings is 1. The zero-order valence-electron chi connectivity index (χ0n) is 22.9. The van der Waals surface area contributed by atoms with E-state index in [1.807, 2.05) is 25.1 Å². The molecular formula is C31H29ClN6O3S. The van der Waals surface area contributed by atoms with Crippen LogP contribution in [0.25, 0.3) is 22.2 Å². The molecule has 0 aliphatic carbocycles. The summed E-state index contributed by atoms with van der Waals surface area (Å²) in [6.07, 6.45) is 7.34. The highest BCUT2D eigenvalue weighted by Gasteiger charge is 2.27. The van der Waals surface area contributed by atoms with E-state index in [0.717, 1.165) is 24.8 Å². The standard InChI is InChI=1S/C31H29ClN6O3S/c1-2-21-14-15-27(33-17-21)30(39)37-16-8-9-22(19-37)35-31-34-18-26(32)29(36-31)25-20-38(28-13-7-6-12-24(25)28)42(40,41)23-10-4-3-5-11-23/h3-7,10-15,17-18,20,22H,2,8-9,16,19H2,1H3,(H,34,35,36)/t22-/m1/s1. The number of benzene rings is 2. The first-order valence-electron chi connectivity index (χ1n) is 13.8. The van der Waals surface area contributed by atoms with E-state index in [0.29, 0.717) is 51.9 Å². The lowest BCUT2D eigenvalue weighted by Gasteiger charge is -2.33. The highest BCUT2D eigenvalue weighted by molar-refractivity contribution is 7.90. The Hall–Kier alpha value is -4.28. The molecule has 1 saturated heterocycles. The van der Waals surface area contributed by atoms with Crippen molar-refractivity contribution >= 4 is 44.4 Å². The number of aryl methyl sites for hydroxylation is 1. The van der Waals surface area contributed by atoms with Gasteiger partial charge in [0, 0.05) is 42.5 Å². The minimum Gasteiger partial charge on any atom is -0.350 e. The van der Waals surface area contributed by atoms with Gasteiger partial charge in [-0.05, 0) is 49.1 Å². The molecule has 0 saturated carbocycles. The predicted molar refractivity (Wildman–Crippen MR) is 163 cm³/mol. The Morgan fingerprint density at radius 1 is 1.02 bits per heavy atom. The molecule has 1 fully saturated rings. The van der Waals surface area contributed by atoms with Gasteiger partial charge >= 0.3 is 0 Å². The molecule has 4 heterocycles. The van der Waals surface area contributed by atoms with Gasteiger partial charge in [0.2, 0.25) is 5.95 Å². The van der Waals surface area contributed by atoms with Crippen molar-refractivity contribution in [3.8, 4) is 11.3 Å². The summed E-state index contributed by atoms with van der Waals surface area (Å²) in [6.45, 7) is 3.18. The number of hydrogen-bond acceptors (Lipinski definition) is 7. The number of anilines is 1. The number of nitrogens with one attached hydrogen (secondary N) is 1. The topological polar surface area (TPSA) is 110 Å². The summed E-state index contributed by atoms with van der Waals surface area (Å²) in [6, 6.07) is 19.2. The van der Waals surface area contributed by atoms with Crippen LogP contribution in [0.3, 0.4) is 0 Å². The molecule has 42 heavy (non-hydrogen) atoms. The number of hydrogen-bond donors (Lipinski definition) is 1. The van der Waals surface area contributed by atoms with E-state index in [9.17, 15) is 13.2 Å². The lowest BCUT2D eigenvalue weighted by Crippen LogP contribution is -2.45. The van der Waals surface area contributed by atoms with E-state index < -0.39 is 10.0 Å². The summed E-state index contributed by atoms with van der Waals surface area (Å²) >= 11 is 6.60. The summed E-state index contributed by atoms with van der Waals surface area (Å²) in [5, 5.41) is 4.35. The van der Waals surface area contributed by atoms with Crippen LogP contribution in [0.5, 0.6) is 0 Å². The average molecular weight is 601 g/mol. The molecule has 0 unspecified atom stereocenters. The van der Waals surface area contributed by atoms with Crippen molar-refractivity contribution in [3.05, 3.63) is 102 Å². The second-order valence-electron chi connectivity index (χ2n) is 10.2. The maximum Gasteiger partial charge on any atom is 0.272 e. The Labute approximate surface area is 249 Å². The quantitative estimate of drug-likeness (QED) is 0.256. The number of rotatable bonds is 7. The minimum atomic E-state index is -3.87. The largest absolute Gasteiger partial charge is 0.350 e. The van der Waals surface area contributed by atoms with Crippen LogP contribution in [-0.4, -0.2) is 57.3 Å². The van der Waals surface area contributed by atoms with Gasteiger partial charge in [0.05, 0.1) is 27.3 Å². The number of halogens is 1. The first-order valence-corrected chi connectivity index (χ1v) is 15.6. The Morgan fingerprint density at radius 3 is 2.57 bits per heavy atom. The van der Waals surface area contributed by atoms with Crippen LogP contribution in [0.15, 0.2) is 90.2 Å². The molecule has 11 heteroatoms. The van der Waals surface area contributed by atoms with Crippen molar-refractivity contribution in [1.29, 1.82) is 0 Å². The average Bonchev–Trinajstić information content (AvgIpc) is 3.43. The van der Waals surface area contributed by atoms with E-state index in [1.165, 1.54) is 10.2 Å². The predicted octanol–water partition coefficient (Wildman–Crippen LogP) is 5.66. The number of pyridine rings is 1. The van der Waals surface area contributed by atoms with Crippen molar-refractivity contribution in [2.45, 2.75) is 37.1 Å². The summed E-state index contributed by atoms with van der Waals surface area (Å²) in [4.78, 5) is 28.6. The number of para-hydroxylation sites is 1. The van der Waals surface area contributed by atoms with Gasteiger partial charge in [0.25, 0.3) is 15.9 Å². The fourth-order valence-corrected chi connectivity index (χ4v) is 6.84. The molecule has 2 aromatic carbocycles. The van der Waals surface area contributed by atoms with Crippen LogP contribution in [0.2, 0.25) is 5.02 Å². The van der Waals surface area contributed by atoms with Crippen molar-refractivity contribution in [3.63, 3.8) is 0 Å². The smallest absolute Gasteiger partial charge is 0.272 e. The number of carbonyl (C=O) groups excluding carboxylic acids is 1. The van der Waals surface area contributed by atoms with Gasteiger partial charge in [-0.25, -0.2) is 22.4 Å². The second kappa shape index (κ2) is 11.5. The highest BCUT2D eigenvalue weighted by Crippen LogP contribution is 2.36. The molecular weight excluding hydrogens is 572 g/mol. The maximum absolute atomic E-state index is 13.6. The van der Waals surface area contributed by atoms with E-state index >= 15 is 0 Å². The SMILES string of the molecule is CCc1ccc(C(=O)N2CCC[C@@H](Nc3ncc(Cl)c(-c4cn(S(=O)(=O)c5ccccc5)c5ccccc45)n3)C2)nc1. The number of fused-ring (bicyclic) bond motifs is 1. The third-order valence-electron chi connectivity index (χ3n) is 7.47. The molecule has 214 valence electrons. The van der Waals surface area contributed by atoms with Crippen molar-refractivity contribution < 1.29 is 13.2 Å². The molecule has 5 aromatic rings. The minimum absolute atomic E-state index is 0.0774. The lowest BCUT2D eigenvalue weighted by molar-refractivity contribution is 0.0708. The normalized spacial score (nSPS) is 15.6. The molecule has 1 aliphatic rings. The van der Waals surface area contributed by atoms with Crippen LogP contribution >= 0.6 is 11.6 Å².